The SMILES string of the molecule is COc1ccc2c(c1)nc(-c1csc(CCN)n1)n2C. The van der Waals surface area contributed by atoms with Gasteiger partial charge >= 0.3 is 0 Å². The predicted octanol–water partition coefficient (Wildman–Crippen LogP) is 2.21. The van der Waals surface area contributed by atoms with Crippen LogP contribution in [0.25, 0.3) is 22.6 Å². The van der Waals surface area contributed by atoms with Crippen molar-refractivity contribution >= 4 is 22.4 Å². The van der Waals surface area contributed by atoms with E-state index in [4.69, 9.17) is 10.5 Å². The molecule has 0 aliphatic rings. The minimum Gasteiger partial charge on any atom is -0.497 e. The van der Waals surface area contributed by atoms with Crippen LogP contribution in [0.5, 0.6) is 5.75 Å². The maximum atomic E-state index is 5.56. The van der Waals surface area contributed by atoms with Crippen molar-refractivity contribution in [2.45, 2.75) is 6.42 Å². The molecule has 0 spiro atoms. The molecular formula is C14H16N4OS. The molecule has 0 aliphatic carbocycles. The molecule has 2 heterocycles. The first-order valence-corrected chi connectivity index (χ1v) is 7.26. The Labute approximate surface area is 121 Å². The molecule has 0 amide bonds. The second-order valence-corrected chi connectivity index (χ2v) is 5.46. The van der Waals surface area contributed by atoms with Crippen molar-refractivity contribution in [1.82, 2.24) is 14.5 Å². The summed E-state index contributed by atoms with van der Waals surface area (Å²) in [6.45, 7) is 0.618. The zero-order valence-electron chi connectivity index (χ0n) is 11.5. The van der Waals surface area contributed by atoms with Gasteiger partial charge in [0.2, 0.25) is 0 Å². The summed E-state index contributed by atoms with van der Waals surface area (Å²) in [5.74, 6) is 1.68. The maximum Gasteiger partial charge on any atom is 0.160 e. The van der Waals surface area contributed by atoms with Gasteiger partial charge in [0.25, 0.3) is 0 Å². The Morgan fingerprint density at radius 2 is 2.20 bits per heavy atom. The van der Waals surface area contributed by atoms with Crippen LogP contribution < -0.4 is 10.5 Å². The van der Waals surface area contributed by atoms with Crippen LogP contribution in [-0.2, 0) is 13.5 Å². The lowest BCUT2D eigenvalue weighted by molar-refractivity contribution is 0.415. The largest absolute Gasteiger partial charge is 0.497 e. The highest BCUT2D eigenvalue weighted by molar-refractivity contribution is 7.09. The Hall–Kier alpha value is -1.92. The highest BCUT2D eigenvalue weighted by Crippen LogP contribution is 2.27. The molecule has 5 nitrogen and oxygen atoms in total. The fourth-order valence-corrected chi connectivity index (χ4v) is 2.98. The molecule has 0 radical (unpaired) electrons. The fraction of sp³-hybridized carbons (Fsp3) is 0.286. The molecule has 6 heteroatoms. The van der Waals surface area contributed by atoms with Gasteiger partial charge < -0.3 is 15.0 Å². The molecule has 0 bridgehead atoms. The molecule has 0 unspecified atom stereocenters. The van der Waals surface area contributed by atoms with Gasteiger partial charge in [-0.1, -0.05) is 0 Å². The minimum absolute atomic E-state index is 0.618. The van der Waals surface area contributed by atoms with E-state index in [1.165, 1.54) is 0 Å². The Kier molecular flexibility index (Phi) is 3.42. The predicted molar refractivity (Wildman–Crippen MR) is 81.1 cm³/mol. The van der Waals surface area contributed by atoms with Crippen molar-refractivity contribution in [3.8, 4) is 17.3 Å². The molecular weight excluding hydrogens is 272 g/mol. The molecule has 0 fully saturated rings. The summed E-state index contributed by atoms with van der Waals surface area (Å²) in [7, 11) is 3.66. The van der Waals surface area contributed by atoms with Gasteiger partial charge in [-0.25, -0.2) is 9.97 Å². The van der Waals surface area contributed by atoms with Crippen LogP contribution in [0.1, 0.15) is 5.01 Å². The number of methoxy groups -OCH3 is 1. The number of benzene rings is 1. The normalized spacial score (nSPS) is 11.2. The molecule has 0 saturated heterocycles. The number of nitrogens with two attached hydrogens (primary N) is 1. The molecule has 20 heavy (non-hydrogen) atoms. The number of aryl methyl sites for hydroxylation is 1. The molecule has 1 aromatic carbocycles. The van der Waals surface area contributed by atoms with Crippen LogP contribution in [0.4, 0.5) is 0 Å². The monoisotopic (exact) mass is 288 g/mol. The lowest BCUT2D eigenvalue weighted by Crippen LogP contribution is -2.02. The number of fused-ring (bicyclic) bond motifs is 1. The van der Waals surface area contributed by atoms with Crippen LogP contribution in [0.3, 0.4) is 0 Å². The number of rotatable bonds is 4. The Morgan fingerprint density at radius 3 is 2.95 bits per heavy atom. The third kappa shape index (κ3) is 2.17. The highest BCUT2D eigenvalue weighted by atomic mass is 32.1. The summed E-state index contributed by atoms with van der Waals surface area (Å²) in [6, 6.07) is 5.89. The standard InChI is InChI=1S/C14H16N4OS/c1-18-12-4-3-9(19-2)7-10(12)17-14(18)11-8-20-13(16-11)5-6-15/h3-4,7-8H,5-6,15H2,1-2H3. The van der Waals surface area contributed by atoms with E-state index in [0.717, 1.165) is 39.7 Å². The fourth-order valence-electron chi connectivity index (χ4n) is 2.19. The van der Waals surface area contributed by atoms with E-state index in [2.05, 4.69) is 14.5 Å². The van der Waals surface area contributed by atoms with Gasteiger partial charge in [-0.3, -0.25) is 0 Å². The lowest BCUT2D eigenvalue weighted by atomic mass is 10.3. The number of thiazole rings is 1. The van der Waals surface area contributed by atoms with Gasteiger partial charge in [0, 0.05) is 24.9 Å². The second kappa shape index (κ2) is 5.22. The molecule has 104 valence electrons. The molecule has 2 N–H and O–H groups in total. The third-order valence-electron chi connectivity index (χ3n) is 3.23. The van der Waals surface area contributed by atoms with Crippen molar-refractivity contribution < 1.29 is 4.74 Å². The van der Waals surface area contributed by atoms with Crippen LogP contribution in [0, 0.1) is 0 Å². The topological polar surface area (TPSA) is 66.0 Å². The summed E-state index contributed by atoms with van der Waals surface area (Å²) in [4.78, 5) is 9.25. The minimum atomic E-state index is 0.618. The average molecular weight is 288 g/mol. The molecule has 2 aromatic heterocycles. The number of imidazole rings is 1. The quantitative estimate of drug-likeness (QED) is 0.799. The summed E-state index contributed by atoms with van der Waals surface area (Å²) in [5.41, 5.74) is 8.44. The number of aromatic nitrogens is 3. The van der Waals surface area contributed by atoms with E-state index in [9.17, 15) is 0 Å². The van der Waals surface area contributed by atoms with E-state index in [-0.39, 0.29) is 0 Å². The smallest absolute Gasteiger partial charge is 0.160 e. The van der Waals surface area contributed by atoms with Crippen molar-refractivity contribution in [3.63, 3.8) is 0 Å². The van der Waals surface area contributed by atoms with E-state index < -0.39 is 0 Å². The Balaban J connectivity index is 2.08. The summed E-state index contributed by atoms with van der Waals surface area (Å²) in [5, 5.41) is 3.08. The molecule has 3 rings (SSSR count). The average Bonchev–Trinajstić information content (AvgIpc) is 3.04. The van der Waals surface area contributed by atoms with Gasteiger partial charge in [0.05, 0.1) is 23.2 Å². The van der Waals surface area contributed by atoms with Gasteiger partial charge in [-0.15, -0.1) is 11.3 Å². The van der Waals surface area contributed by atoms with Gasteiger partial charge in [-0.2, -0.15) is 0 Å². The van der Waals surface area contributed by atoms with E-state index in [1.54, 1.807) is 18.4 Å². The highest BCUT2D eigenvalue weighted by Gasteiger charge is 2.13. The molecule has 3 aromatic rings. The maximum absolute atomic E-state index is 5.56. The van der Waals surface area contributed by atoms with Crippen molar-refractivity contribution in [2.24, 2.45) is 12.8 Å². The number of nitrogens with zero attached hydrogens (tertiary/aromatic N) is 3. The van der Waals surface area contributed by atoms with Gasteiger partial charge in [0.1, 0.15) is 11.4 Å². The first-order valence-electron chi connectivity index (χ1n) is 6.38. The zero-order chi connectivity index (χ0) is 14.1. The van der Waals surface area contributed by atoms with Crippen LogP contribution in [0.15, 0.2) is 23.6 Å². The molecule has 0 atom stereocenters. The number of hydrogen-bond acceptors (Lipinski definition) is 5. The van der Waals surface area contributed by atoms with E-state index >= 15 is 0 Å². The van der Waals surface area contributed by atoms with Crippen molar-refractivity contribution in [1.29, 1.82) is 0 Å². The first-order chi connectivity index (χ1) is 9.72. The Morgan fingerprint density at radius 1 is 1.35 bits per heavy atom. The van der Waals surface area contributed by atoms with Gasteiger partial charge in [-0.05, 0) is 18.7 Å². The lowest BCUT2D eigenvalue weighted by Gasteiger charge is -2.00. The zero-order valence-corrected chi connectivity index (χ0v) is 12.3. The first kappa shape index (κ1) is 13.1. The Bertz CT molecular complexity index is 747. The van der Waals surface area contributed by atoms with Crippen molar-refractivity contribution in [3.05, 3.63) is 28.6 Å². The number of hydrogen-bond donors (Lipinski definition) is 1. The van der Waals surface area contributed by atoms with Crippen LogP contribution in [0.2, 0.25) is 0 Å². The second-order valence-electron chi connectivity index (χ2n) is 4.51. The summed E-state index contributed by atoms with van der Waals surface area (Å²) in [6.07, 6.45) is 0.808. The number of ether oxygens (including phenoxy) is 1. The van der Waals surface area contributed by atoms with Gasteiger partial charge in [0.15, 0.2) is 5.82 Å². The van der Waals surface area contributed by atoms with Crippen LogP contribution in [-0.4, -0.2) is 28.2 Å². The third-order valence-corrected chi connectivity index (χ3v) is 4.14. The van der Waals surface area contributed by atoms with Crippen LogP contribution >= 0.6 is 11.3 Å². The van der Waals surface area contributed by atoms with Crippen molar-refractivity contribution in [2.75, 3.05) is 13.7 Å². The molecule has 0 saturated carbocycles. The summed E-state index contributed by atoms with van der Waals surface area (Å²) < 4.78 is 7.29. The summed E-state index contributed by atoms with van der Waals surface area (Å²) >= 11 is 1.63. The molecule has 0 aliphatic heterocycles. The van der Waals surface area contributed by atoms with E-state index in [1.807, 2.05) is 30.6 Å². The van der Waals surface area contributed by atoms with E-state index in [0.29, 0.717) is 6.54 Å².